The fourth-order valence-electron chi connectivity index (χ4n) is 1.94. The van der Waals surface area contributed by atoms with Gasteiger partial charge in [0, 0.05) is 37.9 Å². The van der Waals surface area contributed by atoms with Crippen molar-refractivity contribution in [3.05, 3.63) is 36.4 Å². The first-order valence-electron chi connectivity index (χ1n) is 6.49. The lowest BCUT2D eigenvalue weighted by molar-refractivity contribution is 0.533. The van der Waals surface area contributed by atoms with E-state index in [1.165, 1.54) is 0 Å². The first kappa shape index (κ1) is 12.8. The average molecular weight is 247 g/mol. The van der Waals surface area contributed by atoms with Gasteiger partial charge in [0.2, 0.25) is 0 Å². The van der Waals surface area contributed by atoms with E-state index in [1.807, 2.05) is 31.7 Å². The zero-order valence-electron chi connectivity index (χ0n) is 11.1. The maximum atomic E-state index is 4.39. The summed E-state index contributed by atoms with van der Waals surface area (Å²) in [5.74, 6) is 2.15. The van der Waals surface area contributed by atoms with E-state index >= 15 is 0 Å². The minimum Gasteiger partial charge on any atom is -0.333 e. The van der Waals surface area contributed by atoms with Crippen LogP contribution in [0.1, 0.15) is 25.0 Å². The highest BCUT2D eigenvalue weighted by Crippen LogP contribution is 2.01. The van der Waals surface area contributed by atoms with Crippen LogP contribution in [-0.2, 0) is 19.6 Å². The van der Waals surface area contributed by atoms with Gasteiger partial charge >= 0.3 is 0 Å². The van der Waals surface area contributed by atoms with Crippen LogP contribution in [0.4, 0.5) is 0 Å². The van der Waals surface area contributed by atoms with Crippen LogP contribution in [0.15, 0.2) is 24.8 Å². The molecule has 0 aliphatic rings. The van der Waals surface area contributed by atoms with Crippen LogP contribution in [0.25, 0.3) is 0 Å². The highest BCUT2D eigenvalue weighted by Gasteiger charge is 2.03. The van der Waals surface area contributed by atoms with E-state index in [0.717, 1.165) is 44.2 Å². The first-order valence-corrected chi connectivity index (χ1v) is 6.49. The Kier molecular flexibility index (Phi) is 4.52. The summed E-state index contributed by atoms with van der Waals surface area (Å²) in [6.07, 6.45) is 8.90. The maximum absolute atomic E-state index is 4.39. The zero-order chi connectivity index (χ0) is 12.8. The van der Waals surface area contributed by atoms with Crippen LogP contribution in [0.5, 0.6) is 0 Å². The van der Waals surface area contributed by atoms with Crippen molar-refractivity contribution in [1.29, 1.82) is 0 Å². The van der Waals surface area contributed by atoms with Crippen molar-refractivity contribution >= 4 is 0 Å². The minimum absolute atomic E-state index is 0.837. The van der Waals surface area contributed by atoms with Gasteiger partial charge in [-0.25, -0.2) is 9.97 Å². The standard InChI is InChI=1S/C13H21N5/c1-3-4-14-11-13-16-6-8-18(13)10-9-17-7-5-15-12(17)2/h5-8,14H,3-4,9-11H2,1-2H3. The molecule has 0 atom stereocenters. The minimum atomic E-state index is 0.837. The number of nitrogens with zero attached hydrogens (tertiary/aromatic N) is 4. The third-order valence-corrected chi connectivity index (χ3v) is 3.02. The molecule has 5 nitrogen and oxygen atoms in total. The zero-order valence-corrected chi connectivity index (χ0v) is 11.1. The lowest BCUT2D eigenvalue weighted by Gasteiger charge is -2.10. The van der Waals surface area contributed by atoms with Crippen molar-refractivity contribution < 1.29 is 0 Å². The fourth-order valence-corrected chi connectivity index (χ4v) is 1.94. The molecule has 0 aromatic carbocycles. The molecule has 0 radical (unpaired) electrons. The molecule has 0 aliphatic carbocycles. The molecule has 5 heteroatoms. The molecule has 2 aromatic rings. The molecule has 2 rings (SSSR count). The molecular formula is C13H21N5. The van der Waals surface area contributed by atoms with Crippen molar-refractivity contribution in [2.24, 2.45) is 0 Å². The van der Waals surface area contributed by atoms with Crippen LogP contribution >= 0.6 is 0 Å². The molecule has 0 saturated carbocycles. The molecule has 18 heavy (non-hydrogen) atoms. The quantitative estimate of drug-likeness (QED) is 0.756. The van der Waals surface area contributed by atoms with E-state index in [9.17, 15) is 0 Å². The lowest BCUT2D eigenvalue weighted by Crippen LogP contribution is -2.18. The summed E-state index contributed by atoms with van der Waals surface area (Å²) in [5.41, 5.74) is 0. The van der Waals surface area contributed by atoms with Crippen LogP contribution in [0.3, 0.4) is 0 Å². The van der Waals surface area contributed by atoms with Gasteiger partial charge in [0.1, 0.15) is 11.6 Å². The Labute approximate surface area is 108 Å². The molecule has 0 saturated heterocycles. The molecule has 0 unspecified atom stereocenters. The lowest BCUT2D eigenvalue weighted by atomic mass is 10.4. The van der Waals surface area contributed by atoms with Crippen molar-refractivity contribution in [2.75, 3.05) is 6.54 Å². The summed E-state index contributed by atoms with van der Waals surface area (Å²) >= 11 is 0. The maximum Gasteiger partial charge on any atom is 0.122 e. The highest BCUT2D eigenvalue weighted by molar-refractivity contribution is 4.93. The molecule has 2 heterocycles. The molecule has 0 fully saturated rings. The Morgan fingerprint density at radius 2 is 1.83 bits per heavy atom. The SMILES string of the molecule is CCCNCc1nccn1CCn1ccnc1C. The summed E-state index contributed by atoms with van der Waals surface area (Å²) in [6, 6.07) is 0. The van der Waals surface area contributed by atoms with E-state index in [1.54, 1.807) is 0 Å². The summed E-state index contributed by atoms with van der Waals surface area (Å²) in [5, 5.41) is 3.38. The number of hydrogen-bond donors (Lipinski definition) is 1. The Bertz CT molecular complexity index is 471. The summed E-state index contributed by atoms with van der Waals surface area (Å²) in [7, 11) is 0. The second kappa shape index (κ2) is 6.35. The monoisotopic (exact) mass is 247 g/mol. The van der Waals surface area contributed by atoms with Gasteiger partial charge < -0.3 is 14.5 Å². The van der Waals surface area contributed by atoms with Gasteiger partial charge in [0.25, 0.3) is 0 Å². The predicted octanol–water partition coefficient (Wildman–Crippen LogP) is 1.59. The second-order valence-electron chi connectivity index (χ2n) is 4.38. The molecule has 0 bridgehead atoms. The topological polar surface area (TPSA) is 47.7 Å². The van der Waals surface area contributed by atoms with Crippen LogP contribution < -0.4 is 5.32 Å². The Morgan fingerprint density at radius 3 is 2.56 bits per heavy atom. The van der Waals surface area contributed by atoms with E-state index in [-0.39, 0.29) is 0 Å². The first-order chi connectivity index (χ1) is 8.81. The molecule has 0 spiro atoms. The Hall–Kier alpha value is -1.62. The van der Waals surface area contributed by atoms with Gasteiger partial charge in [-0.05, 0) is 19.9 Å². The molecule has 0 aliphatic heterocycles. The van der Waals surface area contributed by atoms with Gasteiger partial charge in [-0.15, -0.1) is 0 Å². The second-order valence-corrected chi connectivity index (χ2v) is 4.38. The predicted molar refractivity (Wildman–Crippen MR) is 71.2 cm³/mol. The third-order valence-electron chi connectivity index (χ3n) is 3.02. The summed E-state index contributed by atoms with van der Waals surface area (Å²) < 4.78 is 4.35. The molecule has 98 valence electrons. The van der Waals surface area contributed by atoms with Crippen LogP contribution in [0.2, 0.25) is 0 Å². The van der Waals surface area contributed by atoms with E-state index in [4.69, 9.17) is 0 Å². The number of hydrogen-bond acceptors (Lipinski definition) is 3. The third kappa shape index (κ3) is 3.20. The van der Waals surface area contributed by atoms with Gasteiger partial charge in [-0.3, -0.25) is 0 Å². The van der Waals surface area contributed by atoms with Gasteiger partial charge in [-0.1, -0.05) is 6.92 Å². The number of imidazole rings is 2. The van der Waals surface area contributed by atoms with Crippen LogP contribution in [-0.4, -0.2) is 25.6 Å². The Balaban J connectivity index is 1.89. The van der Waals surface area contributed by atoms with E-state index in [0.29, 0.717) is 0 Å². The van der Waals surface area contributed by atoms with Gasteiger partial charge in [0.05, 0.1) is 6.54 Å². The fraction of sp³-hybridized carbons (Fsp3) is 0.538. The Morgan fingerprint density at radius 1 is 1.11 bits per heavy atom. The normalized spacial score (nSPS) is 11.0. The van der Waals surface area contributed by atoms with Crippen molar-refractivity contribution in [3.63, 3.8) is 0 Å². The van der Waals surface area contributed by atoms with Crippen LogP contribution in [0, 0.1) is 6.92 Å². The van der Waals surface area contributed by atoms with Crippen molar-refractivity contribution in [3.8, 4) is 0 Å². The number of aryl methyl sites for hydroxylation is 3. The van der Waals surface area contributed by atoms with E-state index < -0.39 is 0 Å². The average Bonchev–Trinajstić information content (AvgIpc) is 2.96. The van der Waals surface area contributed by atoms with Crippen molar-refractivity contribution in [1.82, 2.24) is 24.4 Å². The van der Waals surface area contributed by atoms with Crippen molar-refractivity contribution in [2.45, 2.75) is 39.9 Å². The molecule has 1 N–H and O–H groups in total. The van der Waals surface area contributed by atoms with E-state index in [2.05, 4.69) is 31.3 Å². The molecular weight excluding hydrogens is 226 g/mol. The number of nitrogens with one attached hydrogen (secondary N) is 1. The summed E-state index contributed by atoms with van der Waals surface area (Å²) in [6.45, 7) is 7.93. The summed E-state index contributed by atoms with van der Waals surface area (Å²) in [4.78, 5) is 8.61. The molecule has 0 amide bonds. The van der Waals surface area contributed by atoms with Gasteiger partial charge in [-0.2, -0.15) is 0 Å². The highest BCUT2D eigenvalue weighted by atomic mass is 15.1. The van der Waals surface area contributed by atoms with Gasteiger partial charge in [0.15, 0.2) is 0 Å². The smallest absolute Gasteiger partial charge is 0.122 e. The number of rotatable bonds is 7. The molecule has 2 aromatic heterocycles. The number of aromatic nitrogens is 4. The largest absolute Gasteiger partial charge is 0.333 e.